The molecule has 4 aromatic rings. The first-order valence-electron chi connectivity index (χ1n) is 10.2. The van der Waals surface area contributed by atoms with E-state index in [2.05, 4.69) is 9.73 Å². The zero-order chi connectivity index (χ0) is 25.3. The number of ether oxygens (including phenoxy) is 2. The second-order valence-electron chi connectivity index (χ2n) is 7.55. The first kappa shape index (κ1) is 24.7. The van der Waals surface area contributed by atoms with Crippen LogP contribution < -0.4 is 10.4 Å². The molecule has 0 aliphatic rings. The number of methoxy groups -OCH3 is 1. The minimum absolute atomic E-state index is 0.254. The van der Waals surface area contributed by atoms with E-state index in [1.807, 2.05) is 4.57 Å². The van der Waals surface area contributed by atoms with E-state index in [9.17, 15) is 18.0 Å². The third-order valence-corrected chi connectivity index (χ3v) is 5.93. The molecule has 0 fully saturated rings. The van der Waals surface area contributed by atoms with Crippen LogP contribution in [0.2, 0.25) is 10.0 Å². The van der Waals surface area contributed by atoms with E-state index in [1.165, 1.54) is 25.3 Å². The summed E-state index contributed by atoms with van der Waals surface area (Å²) in [6.45, 7) is 0.328. The monoisotopic (exact) mass is 523 g/mol. The van der Waals surface area contributed by atoms with E-state index in [-0.39, 0.29) is 11.4 Å². The van der Waals surface area contributed by atoms with Crippen molar-refractivity contribution in [1.82, 2.24) is 9.13 Å². The first-order valence-corrected chi connectivity index (χ1v) is 10.9. The molecule has 1 heterocycles. The van der Waals surface area contributed by atoms with Gasteiger partial charge in [-0.05, 0) is 42.0 Å². The lowest BCUT2D eigenvalue weighted by atomic mass is 10.1. The fourth-order valence-electron chi connectivity index (χ4n) is 3.61. The lowest BCUT2D eigenvalue weighted by molar-refractivity contribution is -0.274. The fourth-order valence-corrected chi connectivity index (χ4v) is 3.93. The lowest BCUT2D eigenvalue weighted by Crippen LogP contribution is -2.24. The highest BCUT2D eigenvalue weighted by Crippen LogP contribution is 2.29. The zero-order valence-electron chi connectivity index (χ0n) is 18.4. The van der Waals surface area contributed by atoms with Gasteiger partial charge in [-0.3, -0.25) is 0 Å². The third-order valence-electron chi connectivity index (χ3n) is 5.21. The van der Waals surface area contributed by atoms with E-state index < -0.39 is 12.3 Å². The molecule has 0 bridgehead atoms. The SMILES string of the molecule is COC(=O)c1ccc(Cn2c(=Nc3cccc(OC(F)(F)F)c3)n(C)c3cc(Cl)c(Cl)cc32)cc1. The zero-order valence-corrected chi connectivity index (χ0v) is 19.9. The molecule has 6 nitrogen and oxygen atoms in total. The van der Waals surface area contributed by atoms with Gasteiger partial charge < -0.3 is 18.6 Å². The number of hydrogen-bond donors (Lipinski definition) is 0. The molecule has 0 saturated carbocycles. The van der Waals surface area contributed by atoms with Crippen molar-refractivity contribution >= 4 is 45.9 Å². The molecule has 0 unspecified atom stereocenters. The van der Waals surface area contributed by atoms with Crippen molar-refractivity contribution in [3.63, 3.8) is 0 Å². The molecule has 0 amide bonds. The van der Waals surface area contributed by atoms with Gasteiger partial charge in [0.1, 0.15) is 5.75 Å². The van der Waals surface area contributed by atoms with Crippen LogP contribution >= 0.6 is 23.2 Å². The highest BCUT2D eigenvalue weighted by atomic mass is 35.5. The first-order chi connectivity index (χ1) is 16.6. The van der Waals surface area contributed by atoms with E-state index in [0.717, 1.165) is 5.56 Å². The summed E-state index contributed by atoms with van der Waals surface area (Å²) in [4.78, 5) is 16.3. The van der Waals surface area contributed by atoms with Crippen LogP contribution in [0.5, 0.6) is 5.75 Å². The quantitative estimate of drug-likeness (QED) is 0.290. The van der Waals surface area contributed by atoms with Crippen LogP contribution in [0.3, 0.4) is 0 Å². The minimum Gasteiger partial charge on any atom is -0.465 e. The minimum atomic E-state index is -4.82. The smallest absolute Gasteiger partial charge is 0.465 e. The van der Waals surface area contributed by atoms with Crippen molar-refractivity contribution < 1.29 is 27.4 Å². The van der Waals surface area contributed by atoms with E-state index in [0.29, 0.717) is 38.8 Å². The number of carbonyl (C=O) groups is 1. The Morgan fingerprint density at radius 1 is 1.00 bits per heavy atom. The van der Waals surface area contributed by atoms with Crippen molar-refractivity contribution in [3.05, 3.63) is 87.5 Å². The van der Waals surface area contributed by atoms with Gasteiger partial charge in [-0.1, -0.05) is 41.4 Å². The molecular formula is C24H18Cl2F3N3O3. The largest absolute Gasteiger partial charge is 0.573 e. The maximum Gasteiger partial charge on any atom is 0.573 e. The normalized spacial score (nSPS) is 12.3. The van der Waals surface area contributed by atoms with Crippen molar-refractivity contribution in [2.45, 2.75) is 12.9 Å². The number of imidazole rings is 1. The van der Waals surface area contributed by atoms with Gasteiger partial charge in [0, 0.05) is 13.1 Å². The Labute approximate surface area is 207 Å². The van der Waals surface area contributed by atoms with Gasteiger partial charge in [-0.15, -0.1) is 13.2 Å². The molecular weight excluding hydrogens is 506 g/mol. The molecule has 0 radical (unpaired) electrons. The van der Waals surface area contributed by atoms with Gasteiger partial charge in [0.15, 0.2) is 0 Å². The van der Waals surface area contributed by atoms with Gasteiger partial charge >= 0.3 is 12.3 Å². The number of alkyl halides is 3. The van der Waals surface area contributed by atoms with E-state index >= 15 is 0 Å². The van der Waals surface area contributed by atoms with Crippen molar-refractivity contribution in [2.75, 3.05) is 7.11 Å². The summed E-state index contributed by atoms with van der Waals surface area (Å²) < 4.78 is 50.4. The molecule has 0 saturated heterocycles. The second kappa shape index (κ2) is 9.67. The number of hydrogen-bond acceptors (Lipinski definition) is 4. The van der Waals surface area contributed by atoms with Gasteiger partial charge in [0.25, 0.3) is 0 Å². The fraction of sp³-hybridized carbons (Fsp3) is 0.167. The molecule has 4 rings (SSSR count). The molecule has 0 aliphatic carbocycles. The van der Waals surface area contributed by atoms with Crippen LogP contribution in [0.25, 0.3) is 11.0 Å². The highest BCUT2D eigenvalue weighted by molar-refractivity contribution is 6.42. The Morgan fingerprint density at radius 2 is 1.66 bits per heavy atom. The summed E-state index contributed by atoms with van der Waals surface area (Å²) in [5, 5.41) is 0.688. The number of benzene rings is 3. The van der Waals surface area contributed by atoms with Crippen LogP contribution in [-0.4, -0.2) is 28.6 Å². The summed E-state index contributed by atoms with van der Waals surface area (Å²) in [5.41, 5.74) is 3.35. The molecule has 3 aromatic carbocycles. The predicted molar refractivity (Wildman–Crippen MR) is 126 cm³/mol. The molecule has 0 N–H and O–H groups in total. The third kappa shape index (κ3) is 5.47. The Hall–Kier alpha value is -3.43. The molecule has 0 atom stereocenters. The summed E-state index contributed by atoms with van der Waals surface area (Å²) in [7, 11) is 3.07. The maximum atomic E-state index is 12.7. The molecule has 1 aromatic heterocycles. The number of rotatable bonds is 5. The number of fused-ring (bicyclic) bond motifs is 1. The van der Waals surface area contributed by atoms with Crippen LogP contribution in [0, 0.1) is 0 Å². The van der Waals surface area contributed by atoms with E-state index in [4.69, 9.17) is 27.9 Å². The van der Waals surface area contributed by atoms with Crippen molar-refractivity contribution in [1.29, 1.82) is 0 Å². The Morgan fingerprint density at radius 3 is 2.29 bits per heavy atom. The van der Waals surface area contributed by atoms with Crippen LogP contribution in [0.4, 0.5) is 18.9 Å². The number of nitrogens with zero attached hydrogens (tertiary/aromatic N) is 3. The Kier molecular flexibility index (Phi) is 6.82. The molecule has 11 heteroatoms. The number of carbonyl (C=O) groups excluding carboxylic acids is 1. The van der Waals surface area contributed by atoms with E-state index in [1.54, 1.807) is 54.1 Å². The predicted octanol–water partition coefficient (Wildman–Crippen LogP) is 6.25. The van der Waals surface area contributed by atoms with Crippen LogP contribution in [0.1, 0.15) is 15.9 Å². The number of halogens is 5. The summed E-state index contributed by atoms with van der Waals surface area (Å²) in [6.07, 6.45) is -4.82. The van der Waals surface area contributed by atoms with Crippen LogP contribution in [-0.2, 0) is 18.3 Å². The summed E-state index contributed by atoms with van der Waals surface area (Å²) in [5.74, 6) is -0.832. The molecule has 35 heavy (non-hydrogen) atoms. The average Bonchev–Trinajstić information content (AvgIpc) is 3.03. The molecule has 0 aliphatic heterocycles. The molecule has 182 valence electrons. The topological polar surface area (TPSA) is 57.8 Å². The second-order valence-corrected chi connectivity index (χ2v) is 8.36. The van der Waals surface area contributed by atoms with Crippen molar-refractivity contribution in [3.8, 4) is 5.75 Å². The molecule has 0 spiro atoms. The Balaban J connectivity index is 1.86. The van der Waals surface area contributed by atoms with Crippen LogP contribution in [0.15, 0.2) is 65.7 Å². The summed E-state index contributed by atoms with van der Waals surface area (Å²) >= 11 is 12.5. The number of esters is 1. The van der Waals surface area contributed by atoms with Gasteiger partial charge in [0.05, 0.1) is 46.0 Å². The average molecular weight is 524 g/mol. The van der Waals surface area contributed by atoms with Crippen molar-refractivity contribution in [2.24, 2.45) is 12.0 Å². The highest BCUT2D eigenvalue weighted by Gasteiger charge is 2.31. The van der Waals surface area contributed by atoms with Gasteiger partial charge in [-0.2, -0.15) is 0 Å². The maximum absolute atomic E-state index is 12.7. The number of aryl methyl sites for hydroxylation is 1. The van der Waals surface area contributed by atoms with Gasteiger partial charge in [0.2, 0.25) is 5.62 Å². The standard InChI is InChI=1S/C24H18Cl2F3N3O3/c1-31-20-11-18(25)19(26)12-21(20)32(13-14-6-8-15(9-7-14)22(33)34-2)23(31)30-16-4-3-5-17(10-16)35-24(27,28)29/h3-12H,13H2,1-2H3. The van der Waals surface area contributed by atoms with Gasteiger partial charge in [-0.25, -0.2) is 9.79 Å². The number of aromatic nitrogens is 2. The summed E-state index contributed by atoms with van der Waals surface area (Å²) in [6, 6.07) is 15.6. The Bertz CT molecular complexity index is 1480. The lowest BCUT2D eigenvalue weighted by Gasteiger charge is -2.09.